The molecule has 7 nitrogen and oxygen atoms in total. The number of fused-ring (bicyclic) bond motifs is 1. The molecule has 1 amide bonds. The molecule has 0 unspecified atom stereocenters. The van der Waals surface area contributed by atoms with Gasteiger partial charge in [0, 0.05) is 23.4 Å². The SMILES string of the molecule is Cc1ccc(-c2cc(C(=O)N[C@@H](C)CO)cc(-n3c(=O)oc4ccccc43)c2)nc1. The van der Waals surface area contributed by atoms with Gasteiger partial charge in [-0.3, -0.25) is 9.78 Å². The summed E-state index contributed by atoms with van der Waals surface area (Å²) in [5.74, 6) is -0.895. The molecule has 1 atom stereocenters. The highest BCUT2D eigenvalue weighted by Crippen LogP contribution is 2.25. The molecule has 0 aliphatic heterocycles. The highest BCUT2D eigenvalue weighted by Gasteiger charge is 2.17. The highest BCUT2D eigenvalue weighted by atomic mass is 16.4. The molecule has 2 heterocycles. The van der Waals surface area contributed by atoms with E-state index in [1.165, 1.54) is 4.57 Å². The molecule has 0 aliphatic carbocycles. The van der Waals surface area contributed by atoms with Crippen LogP contribution in [0.25, 0.3) is 28.0 Å². The van der Waals surface area contributed by atoms with E-state index < -0.39 is 11.8 Å². The Morgan fingerprint density at radius 2 is 2.00 bits per heavy atom. The summed E-state index contributed by atoms with van der Waals surface area (Å²) in [6.45, 7) is 3.47. The first-order valence-electron chi connectivity index (χ1n) is 9.57. The number of nitrogens with zero attached hydrogens (tertiary/aromatic N) is 2. The second-order valence-corrected chi connectivity index (χ2v) is 7.22. The fraction of sp³-hybridized carbons (Fsp3) is 0.174. The number of oxazole rings is 1. The molecule has 0 spiro atoms. The summed E-state index contributed by atoms with van der Waals surface area (Å²) in [6, 6.07) is 15.6. The van der Waals surface area contributed by atoms with Crippen LogP contribution in [-0.4, -0.2) is 33.2 Å². The van der Waals surface area contributed by atoms with Gasteiger partial charge in [-0.1, -0.05) is 18.2 Å². The van der Waals surface area contributed by atoms with E-state index in [0.717, 1.165) is 5.56 Å². The van der Waals surface area contributed by atoms with E-state index in [-0.39, 0.29) is 12.5 Å². The summed E-state index contributed by atoms with van der Waals surface area (Å²) in [7, 11) is 0. The van der Waals surface area contributed by atoms with Crippen LogP contribution in [0.3, 0.4) is 0 Å². The number of amides is 1. The first-order chi connectivity index (χ1) is 14.5. The Kier molecular flexibility index (Phi) is 5.20. The lowest BCUT2D eigenvalue weighted by Crippen LogP contribution is -2.35. The van der Waals surface area contributed by atoms with Crippen LogP contribution in [0.4, 0.5) is 0 Å². The zero-order valence-corrected chi connectivity index (χ0v) is 16.6. The number of aryl methyl sites for hydroxylation is 1. The van der Waals surface area contributed by atoms with Gasteiger partial charge in [0.1, 0.15) is 0 Å². The molecular formula is C23H21N3O4. The number of rotatable bonds is 5. The lowest BCUT2D eigenvalue weighted by atomic mass is 10.0. The van der Waals surface area contributed by atoms with Crippen LogP contribution < -0.4 is 11.1 Å². The average Bonchev–Trinajstić information content (AvgIpc) is 3.09. The van der Waals surface area contributed by atoms with Crippen LogP contribution >= 0.6 is 0 Å². The minimum atomic E-state index is -0.541. The van der Waals surface area contributed by atoms with Crippen LogP contribution in [0.15, 0.2) is 70.0 Å². The number of aliphatic hydroxyl groups excluding tert-OH is 1. The van der Waals surface area contributed by atoms with Gasteiger partial charge in [-0.15, -0.1) is 0 Å². The Morgan fingerprint density at radius 1 is 1.20 bits per heavy atom. The molecule has 0 fully saturated rings. The smallest absolute Gasteiger partial charge is 0.407 e. The number of nitrogens with one attached hydrogen (secondary N) is 1. The van der Waals surface area contributed by atoms with Crippen LogP contribution in [0.2, 0.25) is 0 Å². The number of para-hydroxylation sites is 2. The van der Waals surface area contributed by atoms with E-state index in [0.29, 0.717) is 33.6 Å². The van der Waals surface area contributed by atoms with Gasteiger partial charge in [0.2, 0.25) is 0 Å². The number of carbonyl (C=O) groups is 1. The fourth-order valence-corrected chi connectivity index (χ4v) is 3.22. The van der Waals surface area contributed by atoms with E-state index in [4.69, 9.17) is 4.42 Å². The maximum Gasteiger partial charge on any atom is 0.424 e. The predicted molar refractivity (Wildman–Crippen MR) is 114 cm³/mol. The summed E-state index contributed by atoms with van der Waals surface area (Å²) in [4.78, 5) is 29.8. The van der Waals surface area contributed by atoms with Gasteiger partial charge < -0.3 is 14.8 Å². The number of hydrogen-bond donors (Lipinski definition) is 2. The molecule has 7 heteroatoms. The maximum absolute atomic E-state index is 12.8. The first kappa shape index (κ1) is 19.6. The van der Waals surface area contributed by atoms with Gasteiger partial charge in [0.15, 0.2) is 5.58 Å². The second-order valence-electron chi connectivity index (χ2n) is 7.22. The van der Waals surface area contributed by atoms with Crippen molar-refractivity contribution in [2.75, 3.05) is 6.61 Å². The molecule has 30 heavy (non-hydrogen) atoms. The minimum Gasteiger partial charge on any atom is -0.407 e. The molecule has 0 radical (unpaired) electrons. The van der Waals surface area contributed by atoms with Gasteiger partial charge in [-0.05, 0) is 55.8 Å². The molecule has 2 N–H and O–H groups in total. The monoisotopic (exact) mass is 403 g/mol. The van der Waals surface area contributed by atoms with E-state index in [2.05, 4.69) is 10.3 Å². The van der Waals surface area contributed by atoms with Crippen LogP contribution in [0.1, 0.15) is 22.8 Å². The first-order valence-corrected chi connectivity index (χ1v) is 9.57. The van der Waals surface area contributed by atoms with Gasteiger partial charge in [-0.2, -0.15) is 0 Å². The van der Waals surface area contributed by atoms with Gasteiger partial charge in [-0.25, -0.2) is 9.36 Å². The fourth-order valence-electron chi connectivity index (χ4n) is 3.22. The lowest BCUT2D eigenvalue weighted by Gasteiger charge is -2.13. The summed E-state index contributed by atoms with van der Waals surface area (Å²) in [5.41, 5.74) is 4.28. The van der Waals surface area contributed by atoms with Crippen molar-refractivity contribution >= 4 is 17.0 Å². The van der Waals surface area contributed by atoms with E-state index in [9.17, 15) is 14.7 Å². The molecule has 0 aliphatic rings. The third-order valence-corrected chi connectivity index (χ3v) is 4.78. The summed E-state index contributed by atoms with van der Waals surface area (Å²) < 4.78 is 6.79. The molecule has 152 valence electrons. The molecule has 4 rings (SSSR count). The normalized spacial score (nSPS) is 12.1. The van der Waals surface area contributed by atoms with E-state index in [1.54, 1.807) is 49.5 Å². The van der Waals surface area contributed by atoms with Crippen molar-refractivity contribution in [2.24, 2.45) is 0 Å². The predicted octanol–water partition coefficient (Wildman–Crippen LogP) is 3.06. The van der Waals surface area contributed by atoms with Crippen molar-refractivity contribution in [3.05, 3.63) is 82.5 Å². The zero-order chi connectivity index (χ0) is 21.3. The summed E-state index contributed by atoms with van der Waals surface area (Å²) in [5, 5.41) is 12.0. The Labute approximate surface area is 172 Å². The molecule has 0 bridgehead atoms. The molecular weight excluding hydrogens is 382 g/mol. The molecule has 4 aromatic rings. The quantitative estimate of drug-likeness (QED) is 0.534. The summed E-state index contributed by atoms with van der Waals surface area (Å²) >= 11 is 0. The number of hydrogen-bond acceptors (Lipinski definition) is 5. The maximum atomic E-state index is 12.8. The second kappa shape index (κ2) is 7.96. The van der Waals surface area contributed by atoms with Crippen LogP contribution in [0, 0.1) is 6.92 Å². The van der Waals surface area contributed by atoms with Gasteiger partial charge in [0.05, 0.1) is 23.5 Å². The number of aromatic nitrogens is 2. The number of pyridine rings is 1. The largest absolute Gasteiger partial charge is 0.424 e. The van der Waals surface area contributed by atoms with Crippen LogP contribution in [-0.2, 0) is 0 Å². The minimum absolute atomic E-state index is 0.177. The van der Waals surface area contributed by atoms with Gasteiger partial charge in [0.25, 0.3) is 5.91 Å². The molecule has 2 aromatic carbocycles. The van der Waals surface area contributed by atoms with Crippen molar-refractivity contribution < 1.29 is 14.3 Å². The van der Waals surface area contributed by atoms with Gasteiger partial charge >= 0.3 is 5.76 Å². The van der Waals surface area contributed by atoms with Crippen molar-refractivity contribution in [3.63, 3.8) is 0 Å². The zero-order valence-electron chi connectivity index (χ0n) is 16.6. The van der Waals surface area contributed by atoms with Crippen LogP contribution in [0.5, 0.6) is 0 Å². The van der Waals surface area contributed by atoms with Crippen molar-refractivity contribution in [1.82, 2.24) is 14.9 Å². The van der Waals surface area contributed by atoms with Crippen molar-refractivity contribution in [1.29, 1.82) is 0 Å². The Balaban J connectivity index is 1.91. The molecule has 0 saturated heterocycles. The van der Waals surface area contributed by atoms with Crippen molar-refractivity contribution in [2.45, 2.75) is 19.9 Å². The standard InChI is InChI=1S/C23H21N3O4/c1-14-7-8-19(24-12-14)16-9-17(22(28)25-15(2)13-27)11-18(10-16)26-20-5-3-4-6-21(20)30-23(26)29/h3-12,15,27H,13H2,1-2H3,(H,25,28)/t15-/m0/s1. The Morgan fingerprint density at radius 3 is 2.73 bits per heavy atom. The topological polar surface area (TPSA) is 97.4 Å². The lowest BCUT2D eigenvalue weighted by molar-refractivity contribution is 0.0922. The third-order valence-electron chi connectivity index (χ3n) is 4.78. The summed E-state index contributed by atoms with van der Waals surface area (Å²) in [6.07, 6.45) is 1.75. The van der Waals surface area contributed by atoms with Crippen molar-refractivity contribution in [3.8, 4) is 16.9 Å². The number of carbonyl (C=O) groups excluding carboxylic acids is 1. The van der Waals surface area contributed by atoms with E-state index in [1.807, 2.05) is 25.1 Å². The average molecular weight is 403 g/mol. The number of aliphatic hydroxyl groups is 1. The molecule has 0 saturated carbocycles. The highest BCUT2D eigenvalue weighted by molar-refractivity contribution is 5.96. The van der Waals surface area contributed by atoms with E-state index >= 15 is 0 Å². The third kappa shape index (κ3) is 3.75. The Hall–Kier alpha value is -3.71. The number of benzene rings is 2. The Bertz CT molecular complexity index is 1270. The molecule has 2 aromatic heterocycles.